The number of amides is 1. The summed E-state index contributed by atoms with van der Waals surface area (Å²) < 4.78 is 7.00. The van der Waals surface area contributed by atoms with Gasteiger partial charge in [-0.3, -0.25) is 4.79 Å². The van der Waals surface area contributed by atoms with Gasteiger partial charge in [0.1, 0.15) is 17.6 Å². The van der Waals surface area contributed by atoms with Crippen molar-refractivity contribution in [2.45, 2.75) is 12.6 Å². The molecule has 0 radical (unpaired) electrons. The summed E-state index contributed by atoms with van der Waals surface area (Å²) in [7, 11) is 1.73. The molecule has 0 unspecified atom stereocenters. The van der Waals surface area contributed by atoms with E-state index in [4.69, 9.17) is 16.3 Å². The zero-order chi connectivity index (χ0) is 19.2. The second-order valence-electron chi connectivity index (χ2n) is 5.85. The van der Waals surface area contributed by atoms with Crippen LogP contribution in [0.4, 0.5) is 0 Å². The van der Waals surface area contributed by atoms with E-state index in [1.54, 1.807) is 60.1 Å². The standard InChI is InChI=1S/C20H18ClN3O3/c1-24-16(21)12-22-17(24)13-27-20(26)18(14-8-4-2-5-9-14)23-19(25)15-10-6-3-7-11-15/h2-12,18H,13H2,1H3,(H,23,25)/t18-/m1/s1. The van der Waals surface area contributed by atoms with Gasteiger partial charge in [0.2, 0.25) is 0 Å². The van der Waals surface area contributed by atoms with Crippen LogP contribution < -0.4 is 5.32 Å². The van der Waals surface area contributed by atoms with Crippen molar-refractivity contribution < 1.29 is 14.3 Å². The normalized spacial score (nSPS) is 11.6. The summed E-state index contributed by atoms with van der Waals surface area (Å²) in [4.78, 5) is 29.3. The summed E-state index contributed by atoms with van der Waals surface area (Å²) >= 11 is 5.94. The van der Waals surface area contributed by atoms with Gasteiger partial charge in [-0.2, -0.15) is 0 Å². The summed E-state index contributed by atoms with van der Waals surface area (Å²) in [6, 6.07) is 16.7. The highest BCUT2D eigenvalue weighted by Gasteiger charge is 2.25. The molecule has 7 heteroatoms. The molecule has 1 heterocycles. The molecule has 1 aromatic heterocycles. The fourth-order valence-electron chi connectivity index (χ4n) is 2.51. The van der Waals surface area contributed by atoms with Gasteiger partial charge in [0, 0.05) is 12.6 Å². The Kier molecular flexibility index (Phi) is 5.88. The van der Waals surface area contributed by atoms with Gasteiger partial charge >= 0.3 is 5.97 Å². The van der Waals surface area contributed by atoms with Crippen LogP contribution in [0.1, 0.15) is 27.8 Å². The first kappa shape index (κ1) is 18.7. The smallest absolute Gasteiger partial charge is 0.333 e. The van der Waals surface area contributed by atoms with Crippen molar-refractivity contribution in [2.75, 3.05) is 0 Å². The van der Waals surface area contributed by atoms with Crippen molar-refractivity contribution in [1.29, 1.82) is 0 Å². The lowest BCUT2D eigenvalue weighted by Gasteiger charge is -2.18. The summed E-state index contributed by atoms with van der Waals surface area (Å²) in [6.45, 7) is -0.0490. The summed E-state index contributed by atoms with van der Waals surface area (Å²) in [5, 5.41) is 3.18. The van der Waals surface area contributed by atoms with Gasteiger partial charge in [-0.25, -0.2) is 9.78 Å². The number of hydrogen-bond donors (Lipinski definition) is 1. The average Bonchev–Trinajstić information content (AvgIpc) is 3.03. The molecule has 3 rings (SSSR count). The Morgan fingerprint density at radius 1 is 1.11 bits per heavy atom. The first-order valence-corrected chi connectivity index (χ1v) is 8.67. The Bertz CT molecular complexity index is 926. The van der Waals surface area contributed by atoms with Gasteiger partial charge in [0.05, 0.1) is 6.20 Å². The third kappa shape index (κ3) is 4.54. The third-order valence-electron chi connectivity index (χ3n) is 4.05. The van der Waals surface area contributed by atoms with E-state index in [9.17, 15) is 9.59 Å². The zero-order valence-electron chi connectivity index (χ0n) is 14.6. The molecule has 1 N–H and O–H groups in total. The molecular weight excluding hydrogens is 366 g/mol. The number of carbonyl (C=O) groups excluding carboxylic acids is 2. The van der Waals surface area contributed by atoms with Crippen LogP contribution in [-0.2, 0) is 23.2 Å². The zero-order valence-corrected chi connectivity index (χ0v) is 15.4. The maximum absolute atomic E-state index is 12.7. The van der Waals surface area contributed by atoms with Crippen LogP contribution in [0, 0.1) is 0 Å². The number of imidazole rings is 1. The van der Waals surface area contributed by atoms with E-state index < -0.39 is 12.0 Å². The summed E-state index contributed by atoms with van der Waals surface area (Å²) in [6.07, 6.45) is 1.48. The number of esters is 1. The second-order valence-corrected chi connectivity index (χ2v) is 6.23. The Morgan fingerprint density at radius 2 is 1.74 bits per heavy atom. The maximum Gasteiger partial charge on any atom is 0.333 e. The molecule has 6 nitrogen and oxygen atoms in total. The minimum absolute atomic E-state index is 0.0490. The highest BCUT2D eigenvalue weighted by atomic mass is 35.5. The van der Waals surface area contributed by atoms with Crippen molar-refractivity contribution in [3.05, 3.63) is 89.0 Å². The third-order valence-corrected chi connectivity index (χ3v) is 4.40. The minimum atomic E-state index is -0.936. The van der Waals surface area contributed by atoms with E-state index in [-0.39, 0.29) is 12.5 Å². The number of hydrogen-bond acceptors (Lipinski definition) is 4. The Labute approximate surface area is 161 Å². The predicted octanol–water partition coefficient (Wildman–Crippen LogP) is 3.29. The molecule has 0 saturated heterocycles. The van der Waals surface area contributed by atoms with Crippen molar-refractivity contribution in [3.63, 3.8) is 0 Å². The van der Waals surface area contributed by atoms with Crippen LogP contribution in [0.3, 0.4) is 0 Å². The van der Waals surface area contributed by atoms with Crippen LogP contribution in [0.2, 0.25) is 5.15 Å². The van der Waals surface area contributed by atoms with E-state index in [0.717, 1.165) is 0 Å². The molecule has 0 bridgehead atoms. The molecular formula is C20H18ClN3O3. The number of aromatic nitrogens is 2. The highest BCUT2D eigenvalue weighted by Crippen LogP contribution is 2.17. The van der Waals surface area contributed by atoms with Gasteiger partial charge in [0.15, 0.2) is 6.04 Å². The first-order valence-electron chi connectivity index (χ1n) is 8.30. The van der Waals surface area contributed by atoms with Crippen LogP contribution in [0.5, 0.6) is 0 Å². The van der Waals surface area contributed by atoms with E-state index in [1.807, 2.05) is 12.1 Å². The number of rotatable bonds is 6. The summed E-state index contributed by atoms with van der Waals surface area (Å²) in [5.74, 6) is -0.430. The van der Waals surface area contributed by atoms with Crippen molar-refractivity contribution in [1.82, 2.24) is 14.9 Å². The van der Waals surface area contributed by atoms with E-state index >= 15 is 0 Å². The number of benzene rings is 2. The van der Waals surface area contributed by atoms with Gasteiger partial charge in [-0.1, -0.05) is 60.1 Å². The number of nitrogens with zero attached hydrogens (tertiary/aromatic N) is 2. The number of nitrogens with one attached hydrogen (secondary N) is 1. The fourth-order valence-corrected chi connectivity index (χ4v) is 2.65. The molecule has 0 aliphatic rings. The van der Waals surface area contributed by atoms with Gasteiger partial charge in [-0.05, 0) is 17.7 Å². The lowest BCUT2D eigenvalue weighted by atomic mass is 10.1. The first-order chi connectivity index (χ1) is 13.1. The molecule has 1 atom stereocenters. The molecule has 138 valence electrons. The SMILES string of the molecule is Cn1c(Cl)cnc1COC(=O)[C@H](NC(=O)c1ccccc1)c1ccccc1. The quantitative estimate of drug-likeness (QED) is 0.663. The molecule has 3 aromatic rings. The monoisotopic (exact) mass is 383 g/mol. The Hall–Kier alpha value is -3.12. The number of carbonyl (C=O) groups is 2. The van der Waals surface area contributed by atoms with Crippen LogP contribution in [-0.4, -0.2) is 21.4 Å². The van der Waals surface area contributed by atoms with Crippen molar-refractivity contribution in [3.8, 4) is 0 Å². The molecule has 0 aliphatic carbocycles. The molecule has 0 fully saturated rings. The second kappa shape index (κ2) is 8.51. The van der Waals surface area contributed by atoms with E-state index in [1.165, 1.54) is 6.20 Å². The molecule has 1 amide bonds. The lowest BCUT2D eigenvalue weighted by molar-refractivity contribution is -0.147. The van der Waals surface area contributed by atoms with Crippen LogP contribution in [0.25, 0.3) is 0 Å². The maximum atomic E-state index is 12.7. The topological polar surface area (TPSA) is 73.2 Å². The van der Waals surface area contributed by atoms with Gasteiger partial charge in [-0.15, -0.1) is 0 Å². The average molecular weight is 384 g/mol. The number of ether oxygens (including phenoxy) is 1. The van der Waals surface area contributed by atoms with Crippen LogP contribution >= 0.6 is 11.6 Å². The largest absolute Gasteiger partial charge is 0.456 e. The predicted molar refractivity (Wildman–Crippen MR) is 101 cm³/mol. The lowest BCUT2D eigenvalue weighted by Crippen LogP contribution is -2.35. The molecule has 27 heavy (non-hydrogen) atoms. The van der Waals surface area contributed by atoms with Crippen molar-refractivity contribution >= 4 is 23.5 Å². The van der Waals surface area contributed by atoms with Gasteiger partial charge in [0.25, 0.3) is 5.91 Å². The molecule has 0 saturated carbocycles. The highest BCUT2D eigenvalue weighted by molar-refractivity contribution is 6.29. The molecule has 0 aliphatic heterocycles. The van der Waals surface area contributed by atoms with Crippen LogP contribution in [0.15, 0.2) is 66.9 Å². The fraction of sp³-hybridized carbons (Fsp3) is 0.150. The molecule has 2 aromatic carbocycles. The molecule has 0 spiro atoms. The number of halogens is 1. The van der Waals surface area contributed by atoms with E-state index in [2.05, 4.69) is 10.3 Å². The van der Waals surface area contributed by atoms with Gasteiger partial charge < -0.3 is 14.6 Å². The minimum Gasteiger partial charge on any atom is -0.456 e. The van der Waals surface area contributed by atoms with Crippen molar-refractivity contribution in [2.24, 2.45) is 7.05 Å². The van der Waals surface area contributed by atoms with E-state index in [0.29, 0.717) is 22.1 Å². The Morgan fingerprint density at radius 3 is 2.33 bits per heavy atom. The summed E-state index contributed by atoms with van der Waals surface area (Å²) in [5.41, 5.74) is 1.09. The Balaban J connectivity index is 1.76.